The number of imidazole rings is 1. The molecule has 0 aliphatic carbocycles. The van der Waals surface area contributed by atoms with Gasteiger partial charge in [-0.25, -0.2) is 18.4 Å². The van der Waals surface area contributed by atoms with Crippen LogP contribution in [0.25, 0.3) is 22.4 Å². The average molecular weight is 407 g/mol. The maximum absolute atomic E-state index is 11.8. The summed E-state index contributed by atoms with van der Waals surface area (Å²) in [7, 11) is -3.23. The Morgan fingerprint density at radius 3 is 2.96 bits per heavy atom. The van der Waals surface area contributed by atoms with E-state index < -0.39 is 10.0 Å². The van der Waals surface area contributed by atoms with Gasteiger partial charge in [0.05, 0.1) is 36.1 Å². The number of sulfonamides is 1. The summed E-state index contributed by atoms with van der Waals surface area (Å²) >= 11 is 6.27. The SMILES string of the molecule is CS(=O)(=O)N1CCOC(Cn2ccnc2-c2ccc3cccc(Cl)c3n2)C1. The summed E-state index contributed by atoms with van der Waals surface area (Å²) < 4.78 is 32.8. The highest BCUT2D eigenvalue weighted by Crippen LogP contribution is 2.25. The predicted molar refractivity (Wildman–Crippen MR) is 104 cm³/mol. The summed E-state index contributed by atoms with van der Waals surface area (Å²) in [6.07, 6.45) is 4.52. The molecule has 2 aromatic heterocycles. The summed E-state index contributed by atoms with van der Waals surface area (Å²) in [5, 5.41) is 1.55. The fourth-order valence-corrected chi connectivity index (χ4v) is 4.32. The van der Waals surface area contributed by atoms with Crippen LogP contribution in [0.4, 0.5) is 0 Å². The molecule has 1 aromatic carbocycles. The molecule has 27 heavy (non-hydrogen) atoms. The van der Waals surface area contributed by atoms with E-state index in [9.17, 15) is 8.42 Å². The highest BCUT2D eigenvalue weighted by Gasteiger charge is 2.27. The third-order valence-electron chi connectivity index (χ3n) is 4.59. The van der Waals surface area contributed by atoms with Gasteiger partial charge < -0.3 is 9.30 Å². The van der Waals surface area contributed by atoms with Crippen molar-refractivity contribution in [3.63, 3.8) is 0 Å². The van der Waals surface area contributed by atoms with Crippen LogP contribution in [0, 0.1) is 0 Å². The fraction of sp³-hybridized carbons (Fsp3) is 0.333. The third-order valence-corrected chi connectivity index (χ3v) is 6.16. The minimum atomic E-state index is -3.23. The number of hydrogen-bond donors (Lipinski definition) is 0. The van der Waals surface area contributed by atoms with Crippen molar-refractivity contribution < 1.29 is 13.2 Å². The zero-order valence-corrected chi connectivity index (χ0v) is 16.3. The van der Waals surface area contributed by atoms with Crippen LogP contribution in [-0.4, -0.2) is 59.3 Å². The van der Waals surface area contributed by atoms with Gasteiger partial charge in [0.2, 0.25) is 10.0 Å². The molecule has 142 valence electrons. The fourth-order valence-electron chi connectivity index (χ4n) is 3.25. The van der Waals surface area contributed by atoms with E-state index in [1.165, 1.54) is 10.6 Å². The monoisotopic (exact) mass is 406 g/mol. The molecule has 0 radical (unpaired) electrons. The minimum Gasteiger partial charge on any atom is -0.374 e. The van der Waals surface area contributed by atoms with E-state index in [1.54, 1.807) is 6.20 Å². The van der Waals surface area contributed by atoms with Crippen LogP contribution in [0.2, 0.25) is 5.02 Å². The second-order valence-electron chi connectivity index (χ2n) is 6.53. The van der Waals surface area contributed by atoms with Gasteiger partial charge in [-0.15, -0.1) is 0 Å². The van der Waals surface area contributed by atoms with Gasteiger partial charge in [-0.05, 0) is 12.1 Å². The highest BCUT2D eigenvalue weighted by molar-refractivity contribution is 7.88. The van der Waals surface area contributed by atoms with Crippen molar-refractivity contribution in [3.8, 4) is 11.5 Å². The molecule has 9 heteroatoms. The smallest absolute Gasteiger partial charge is 0.211 e. The number of benzene rings is 1. The first-order valence-electron chi connectivity index (χ1n) is 8.55. The normalized spacial score (nSPS) is 18.8. The number of pyridine rings is 1. The molecule has 1 unspecified atom stereocenters. The summed E-state index contributed by atoms with van der Waals surface area (Å²) in [6.45, 7) is 1.58. The minimum absolute atomic E-state index is 0.245. The van der Waals surface area contributed by atoms with Crippen LogP contribution in [-0.2, 0) is 21.3 Å². The lowest BCUT2D eigenvalue weighted by atomic mass is 10.2. The standard InChI is InChI=1S/C18H19ClN4O3S/c1-27(24,25)23-9-10-26-14(12-23)11-22-8-7-20-18(22)16-6-5-13-3-2-4-15(19)17(13)21-16/h2-8,14H,9-12H2,1H3. The van der Waals surface area contributed by atoms with E-state index in [-0.39, 0.29) is 6.10 Å². The average Bonchev–Trinajstić information content (AvgIpc) is 3.09. The molecule has 0 spiro atoms. The summed E-state index contributed by atoms with van der Waals surface area (Å²) in [5.74, 6) is 0.692. The second kappa shape index (κ2) is 7.20. The van der Waals surface area contributed by atoms with Crippen LogP contribution < -0.4 is 0 Å². The summed E-state index contributed by atoms with van der Waals surface area (Å²) in [5.41, 5.74) is 1.43. The van der Waals surface area contributed by atoms with Gasteiger partial charge in [0.25, 0.3) is 0 Å². The van der Waals surface area contributed by atoms with E-state index in [0.29, 0.717) is 42.8 Å². The van der Waals surface area contributed by atoms with E-state index in [1.807, 2.05) is 41.1 Å². The maximum atomic E-state index is 11.8. The predicted octanol–water partition coefficient (Wildman–Crippen LogP) is 2.41. The molecule has 3 aromatic rings. The van der Waals surface area contributed by atoms with Crippen molar-refractivity contribution in [1.29, 1.82) is 0 Å². The number of aromatic nitrogens is 3. The number of rotatable bonds is 4. The Bertz CT molecular complexity index is 1080. The number of morpholine rings is 1. The molecule has 1 saturated heterocycles. The van der Waals surface area contributed by atoms with Gasteiger partial charge >= 0.3 is 0 Å². The highest BCUT2D eigenvalue weighted by atomic mass is 35.5. The van der Waals surface area contributed by atoms with Gasteiger partial charge in [-0.2, -0.15) is 4.31 Å². The zero-order chi connectivity index (χ0) is 19.0. The zero-order valence-electron chi connectivity index (χ0n) is 14.7. The molecule has 7 nitrogen and oxygen atoms in total. The lowest BCUT2D eigenvalue weighted by Gasteiger charge is -2.31. The number of nitrogens with zero attached hydrogens (tertiary/aromatic N) is 4. The first-order chi connectivity index (χ1) is 12.9. The Hall–Kier alpha value is -2.00. The largest absolute Gasteiger partial charge is 0.374 e. The summed E-state index contributed by atoms with van der Waals surface area (Å²) in [6, 6.07) is 9.52. The Morgan fingerprint density at radius 1 is 1.30 bits per heavy atom. The molecule has 0 amide bonds. The lowest BCUT2D eigenvalue weighted by molar-refractivity contribution is -0.00979. The van der Waals surface area contributed by atoms with Gasteiger partial charge in [0.1, 0.15) is 5.69 Å². The molecular formula is C18H19ClN4O3S. The molecule has 3 heterocycles. The molecular weight excluding hydrogens is 388 g/mol. The van der Waals surface area contributed by atoms with Crippen LogP contribution in [0.15, 0.2) is 42.7 Å². The van der Waals surface area contributed by atoms with Crippen LogP contribution in [0.5, 0.6) is 0 Å². The van der Waals surface area contributed by atoms with E-state index in [2.05, 4.69) is 9.97 Å². The van der Waals surface area contributed by atoms with Crippen molar-refractivity contribution in [3.05, 3.63) is 47.7 Å². The molecule has 0 N–H and O–H groups in total. The lowest BCUT2D eigenvalue weighted by Crippen LogP contribution is -2.46. The summed E-state index contributed by atoms with van der Waals surface area (Å²) in [4.78, 5) is 9.09. The number of para-hydroxylation sites is 1. The van der Waals surface area contributed by atoms with Gasteiger partial charge in [-0.3, -0.25) is 0 Å². The molecule has 1 fully saturated rings. The Kier molecular flexibility index (Phi) is 4.90. The van der Waals surface area contributed by atoms with Crippen LogP contribution in [0.1, 0.15) is 0 Å². The van der Waals surface area contributed by atoms with Gasteiger partial charge in [0.15, 0.2) is 5.82 Å². The maximum Gasteiger partial charge on any atom is 0.211 e. The van der Waals surface area contributed by atoms with Crippen LogP contribution in [0.3, 0.4) is 0 Å². The molecule has 4 rings (SSSR count). The molecule has 0 bridgehead atoms. The van der Waals surface area contributed by atoms with Crippen molar-refractivity contribution >= 4 is 32.5 Å². The van der Waals surface area contributed by atoms with Crippen LogP contribution >= 0.6 is 11.6 Å². The molecule has 1 aliphatic heterocycles. The topological polar surface area (TPSA) is 77.3 Å². The Morgan fingerprint density at radius 2 is 2.15 bits per heavy atom. The molecule has 1 aliphatic rings. The van der Waals surface area contributed by atoms with E-state index in [0.717, 1.165) is 10.9 Å². The molecule has 0 saturated carbocycles. The van der Waals surface area contributed by atoms with E-state index in [4.69, 9.17) is 16.3 Å². The van der Waals surface area contributed by atoms with Crippen molar-refractivity contribution in [2.24, 2.45) is 0 Å². The Labute approximate surface area is 162 Å². The Balaban J connectivity index is 1.61. The number of ether oxygens (including phenoxy) is 1. The molecule has 1 atom stereocenters. The number of hydrogen-bond acceptors (Lipinski definition) is 5. The third kappa shape index (κ3) is 3.84. The van der Waals surface area contributed by atoms with Gasteiger partial charge in [0, 0.05) is 30.9 Å². The second-order valence-corrected chi connectivity index (χ2v) is 8.91. The van der Waals surface area contributed by atoms with Crippen molar-refractivity contribution in [2.45, 2.75) is 12.6 Å². The first kappa shape index (κ1) is 18.4. The number of fused-ring (bicyclic) bond motifs is 1. The van der Waals surface area contributed by atoms with E-state index >= 15 is 0 Å². The van der Waals surface area contributed by atoms with Crippen molar-refractivity contribution in [1.82, 2.24) is 18.8 Å². The van der Waals surface area contributed by atoms with Gasteiger partial charge in [-0.1, -0.05) is 29.8 Å². The quantitative estimate of drug-likeness (QED) is 0.665. The number of halogens is 1. The first-order valence-corrected chi connectivity index (χ1v) is 10.8. The van der Waals surface area contributed by atoms with Crippen molar-refractivity contribution in [2.75, 3.05) is 26.0 Å².